The number of anilines is 4. The van der Waals surface area contributed by atoms with Crippen LogP contribution in [-0.2, 0) is 0 Å². The Morgan fingerprint density at radius 1 is 1.09 bits per heavy atom. The molecule has 4 N–H and O–H groups in total. The van der Waals surface area contributed by atoms with Gasteiger partial charge in [0.2, 0.25) is 0 Å². The zero-order valence-electron chi connectivity index (χ0n) is 18.1. The maximum absolute atomic E-state index is 15.4. The van der Waals surface area contributed by atoms with E-state index in [9.17, 15) is 9.65 Å². The highest BCUT2D eigenvalue weighted by Crippen LogP contribution is 2.40. The summed E-state index contributed by atoms with van der Waals surface area (Å²) < 4.78 is 28.7. The summed E-state index contributed by atoms with van der Waals surface area (Å²) in [5, 5.41) is 26.1. The van der Waals surface area contributed by atoms with Gasteiger partial charge in [-0.3, -0.25) is 5.10 Å². The first-order valence-corrected chi connectivity index (χ1v) is 10.6. The Hall–Kier alpha value is -3.67. The second-order valence-electron chi connectivity index (χ2n) is 8.31. The van der Waals surface area contributed by atoms with Gasteiger partial charge in [-0.25, -0.2) is 13.8 Å². The molecule has 166 valence electrons. The van der Waals surface area contributed by atoms with E-state index < -0.39 is 5.82 Å². The van der Waals surface area contributed by atoms with Crippen molar-refractivity contribution >= 4 is 23.1 Å². The molecule has 1 atom stereocenters. The Balaban J connectivity index is 1.70. The van der Waals surface area contributed by atoms with E-state index in [0.717, 1.165) is 24.1 Å². The fraction of sp³-hybridized carbons (Fsp3) is 0.348. The molecule has 7 nitrogen and oxygen atoms in total. The van der Waals surface area contributed by atoms with Gasteiger partial charge in [0.25, 0.3) is 0 Å². The van der Waals surface area contributed by atoms with Crippen LogP contribution in [0.3, 0.4) is 0 Å². The van der Waals surface area contributed by atoms with E-state index in [0.29, 0.717) is 11.7 Å². The van der Waals surface area contributed by atoms with E-state index in [1.807, 2.05) is 26.8 Å². The predicted molar refractivity (Wildman–Crippen MR) is 120 cm³/mol. The van der Waals surface area contributed by atoms with E-state index in [1.54, 1.807) is 12.1 Å². The Kier molecular flexibility index (Phi) is 5.95. The van der Waals surface area contributed by atoms with Crippen molar-refractivity contribution in [3.63, 3.8) is 0 Å². The number of nitrogens with zero attached hydrogens (tertiary/aromatic N) is 3. The van der Waals surface area contributed by atoms with Gasteiger partial charge in [-0.05, 0) is 51.3 Å². The topological polar surface area (TPSA) is 101 Å². The summed E-state index contributed by atoms with van der Waals surface area (Å²) in [6.45, 7) is 5.58. The maximum Gasteiger partial charge on any atom is 0.190 e. The smallest absolute Gasteiger partial charge is 0.190 e. The maximum atomic E-state index is 15.4. The van der Waals surface area contributed by atoms with Crippen molar-refractivity contribution in [1.29, 1.82) is 5.26 Å². The largest absolute Gasteiger partial charge is 0.379 e. The number of rotatable bonds is 8. The Morgan fingerprint density at radius 2 is 1.81 bits per heavy atom. The van der Waals surface area contributed by atoms with Crippen molar-refractivity contribution < 1.29 is 8.78 Å². The molecule has 1 fully saturated rings. The molecule has 1 saturated carbocycles. The van der Waals surface area contributed by atoms with Gasteiger partial charge in [0, 0.05) is 29.8 Å². The predicted octanol–water partition coefficient (Wildman–Crippen LogP) is 5.57. The number of pyridine rings is 1. The van der Waals surface area contributed by atoms with Crippen LogP contribution in [0.2, 0.25) is 0 Å². The van der Waals surface area contributed by atoms with E-state index in [1.165, 1.54) is 12.1 Å². The average Bonchev–Trinajstić information content (AvgIpc) is 3.50. The van der Waals surface area contributed by atoms with Crippen molar-refractivity contribution in [1.82, 2.24) is 15.2 Å². The highest BCUT2D eigenvalue weighted by Gasteiger charge is 2.26. The van der Waals surface area contributed by atoms with Gasteiger partial charge in [-0.1, -0.05) is 12.1 Å². The minimum absolute atomic E-state index is 0.0465. The normalized spacial score (nSPS) is 14.2. The number of H-pyrrole nitrogens is 1. The molecule has 0 radical (unpaired) electrons. The lowest BCUT2D eigenvalue weighted by molar-refractivity contribution is 0.625. The Labute approximate surface area is 185 Å². The van der Waals surface area contributed by atoms with Crippen molar-refractivity contribution in [3.8, 4) is 6.07 Å². The number of benzene rings is 1. The van der Waals surface area contributed by atoms with Crippen LogP contribution in [0.15, 0.2) is 30.3 Å². The van der Waals surface area contributed by atoms with E-state index in [4.69, 9.17) is 0 Å². The molecule has 0 aliphatic heterocycles. The molecule has 1 aliphatic carbocycles. The highest BCUT2D eigenvalue weighted by molar-refractivity contribution is 5.75. The summed E-state index contributed by atoms with van der Waals surface area (Å²) in [5.74, 6) is 0.105. The van der Waals surface area contributed by atoms with E-state index in [-0.39, 0.29) is 40.8 Å². The number of nitriles is 1. The molecule has 3 aromatic rings. The molecular weight excluding hydrogens is 412 g/mol. The third kappa shape index (κ3) is 4.64. The minimum atomic E-state index is -0.661. The summed E-state index contributed by atoms with van der Waals surface area (Å²) in [7, 11) is 0. The zero-order chi connectivity index (χ0) is 22.8. The van der Waals surface area contributed by atoms with Crippen LogP contribution < -0.4 is 16.0 Å². The number of nitrogens with one attached hydrogen (secondary N) is 4. The molecule has 0 bridgehead atoms. The standard InChI is InChI=1S/C23H25F2N7/c1-12(2)27-21-17(11-26)22(28-13(3)14-6-8-16(24)9-7-14)30-23(20(21)25)29-19-10-18(31-32-19)15-4-5-15/h6-10,12-13,15H,4-5H2,1-3H3,(H4,27,28,29,30,31,32)/t13-/m0/s1. The first kappa shape index (κ1) is 21.6. The molecule has 9 heteroatoms. The molecule has 2 heterocycles. The Bertz CT molecular complexity index is 1140. The summed E-state index contributed by atoms with van der Waals surface area (Å²) in [6.07, 6.45) is 2.23. The average molecular weight is 437 g/mol. The number of hydrogen-bond donors (Lipinski definition) is 4. The van der Waals surface area contributed by atoms with Crippen molar-refractivity contribution in [2.75, 3.05) is 16.0 Å². The second kappa shape index (κ2) is 8.83. The van der Waals surface area contributed by atoms with Crippen LogP contribution in [0, 0.1) is 23.0 Å². The van der Waals surface area contributed by atoms with Crippen LogP contribution in [0.4, 0.5) is 31.9 Å². The first-order valence-electron chi connectivity index (χ1n) is 10.6. The van der Waals surface area contributed by atoms with Gasteiger partial charge >= 0.3 is 0 Å². The molecule has 4 rings (SSSR count). The summed E-state index contributed by atoms with van der Waals surface area (Å²) in [6, 6.07) is 9.53. The van der Waals surface area contributed by atoms with E-state index >= 15 is 4.39 Å². The molecule has 0 saturated heterocycles. The van der Waals surface area contributed by atoms with Gasteiger partial charge in [0.1, 0.15) is 23.3 Å². The second-order valence-corrected chi connectivity index (χ2v) is 8.31. The molecule has 32 heavy (non-hydrogen) atoms. The van der Waals surface area contributed by atoms with Gasteiger partial charge < -0.3 is 16.0 Å². The quantitative estimate of drug-likeness (QED) is 0.368. The lowest BCUT2D eigenvalue weighted by atomic mass is 10.1. The molecular formula is C23H25F2N7. The minimum Gasteiger partial charge on any atom is -0.379 e. The van der Waals surface area contributed by atoms with Crippen molar-refractivity contribution in [2.24, 2.45) is 0 Å². The van der Waals surface area contributed by atoms with Crippen molar-refractivity contribution in [2.45, 2.75) is 51.6 Å². The third-order valence-electron chi connectivity index (χ3n) is 5.27. The van der Waals surface area contributed by atoms with Crippen LogP contribution in [0.1, 0.15) is 62.4 Å². The summed E-state index contributed by atoms with van der Waals surface area (Å²) in [4.78, 5) is 4.37. The SMILES string of the molecule is CC(C)Nc1c(F)c(Nc2cc(C3CC3)[nH]n2)nc(N[C@@H](C)c2ccc(F)cc2)c1C#N. The lowest BCUT2D eigenvalue weighted by Crippen LogP contribution is -2.17. The van der Waals surface area contributed by atoms with Crippen LogP contribution in [-0.4, -0.2) is 21.2 Å². The number of halogens is 2. The number of aromatic amines is 1. The Morgan fingerprint density at radius 3 is 2.44 bits per heavy atom. The molecule has 1 aromatic carbocycles. The monoisotopic (exact) mass is 437 g/mol. The zero-order valence-corrected chi connectivity index (χ0v) is 18.1. The third-order valence-corrected chi connectivity index (χ3v) is 5.27. The fourth-order valence-corrected chi connectivity index (χ4v) is 3.45. The molecule has 2 aromatic heterocycles. The lowest BCUT2D eigenvalue weighted by Gasteiger charge is -2.21. The fourth-order valence-electron chi connectivity index (χ4n) is 3.45. The first-order chi connectivity index (χ1) is 15.4. The highest BCUT2D eigenvalue weighted by atomic mass is 19.1. The van der Waals surface area contributed by atoms with Crippen LogP contribution in [0.5, 0.6) is 0 Å². The number of hydrogen-bond acceptors (Lipinski definition) is 6. The van der Waals surface area contributed by atoms with Gasteiger partial charge in [-0.2, -0.15) is 10.4 Å². The molecule has 0 spiro atoms. The van der Waals surface area contributed by atoms with Crippen LogP contribution in [0.25, 0.3) is 0 Å². The van der Waals surface area contributed by atoms with Gasteiger partial charge in [0.15, 0.2) is 17.5 Å². The van der Waals surface area contributed by atoms with Crippen LogP contribution >= 0.6 is 0 Å². The molecule has 1 aliphatic rings. The number of aromatic nitrogens is 3. The molecule has 0 unspecified atom stereocenters. The van der Waals surface area contributed by atoms with Gasteiger partial charge in [0.05, 0.1) is 5.69 Å². The van der Waals surface area contributed by atoms with Gasteiger partial charge in [-0.15, -0.1) is 0 Å². The summed E-state index contributed by atoms with van der Waals surface area (Å²) >= 11 is 0. The molecule has 0 amide bonds. The summed E-state index contributed by atoms with van der Waals surface area (Å²) in [5.41, 5.74) is 1.93. The van der Waals surface area contributed by atoms with Crippen molar-refractivity contribution in [3.05, 3.63) is 58.8 Å². The van der Waals surface area contributed by atoms with E-state index in [2.05, 4.69) is 37.2 Å².